The molecular formula is C29H37N7. The molecule has 0 aromatic carbocycles. The fourth-order valence-electron chi connectivity index (χ4n) is 6.18. The minimum Gasteiger partial charge on any atom is -0.353 e. The van der Waals surface area contributed by atoms with Crippen molar-refractivity contribution >= 4 is 17.8 Å². The van der Waals surface area contributed by atoms with Gasteiger partial charge in [-0.25, -0.2) is 4.68 Å². The van der Waals surface area contributed by atoms with Crippen molar-refractivity contribution in [1.82, 2.24) is 19.5 Å². The number of likely N-dealkylation sites (tertiary alicyclic amines) is 1. The van der Waals surface area contributed by atoms with Crippen LogP contribution in [0.1, 0.15) is 73.8 Å². The van der Waals surface area contributed by atoms with Crippen LogP contribution in [0.3, 0.4) is 0 Å². The molecule has 1 saturated carbocycles. The number of nitrogens with one attached hydrogen (secondary N) is 1. The first-order valence-electron chi connectivity index (χ1n) is 13.1. The second-order valence-electron chi connectivity index (χ2n) is 10.8. The predicted octanol–water partition coefficient (Wildman–Crippen LogP) is 5.25. The number of aromatic amines is 1. The van der Waals surface area contributed by atoms with Crippen molar-refractivity contribution in [3.63, 3.8) is 0 Å². The Kier molecular flexibility index (Phi) is 6.57. The fourth-order valence-corrected chi connectivity index (χ4v) is 6.18. The summed E-state index contributed by atoms with van der Waals surface area (Å²) in [6.07, 6.45) is 6.75. The summed E-state index contributed by atoms with van der Waals surface area (Å²) in [5.41, 5.74) is 9.96. The van der Waals surface area contributed by atoms with Gasteiger partial charge in [-0.15, -0.1) is 0 Å². The van der Waals surface area contributed by atoms with Gasteiger partial charge in [0.05, 0.1) is 28.7 Å². The summed E-state index contributed by atoms with van der Waals surface area (Å²) in [6.45, 7) is 14.4. The van der Waals surface area contributed by atoms with Crippen LogP contribution in [0, 0.1) is 31.1 Å². The Morgan fingerprint density at radius 1 is 1.14 bits per heavy atom. The molecule has 188 valence electrons. The second kappa shape index (κ2) is 9.67. The van der Waals surface area contributed by atoms with Gasteiger partial charge in [-0.1, -0.05) is 13.8 Å². The van der Waals surface area contributed by atoms with Gasteiger partial charge in [-0.05, 0) is 68.7 Å². The largest absolute Gasteiger partial charge is 0.353 e. The number of hydrogen-bond donors (Lipinski definition) is 1. The van der Waals surface area contributed by atoms with Crippen molar-refractivity contribution in [2.24, 2.45) is 16.0 Å². The number of fused-ring (bicyclic) bond motifs is 1. The molecule has 36 heavy (non-hydrogen) atoms. The van der Waals surface area contributed by atoms with E-state index in [2.05, 4.69) is 72.6 Å². The van der Waals surface area contributed by atoms with E-state index in [9.17, 15) is 0 Å². The van der Waals surface area contributed by atoms with E-state index in [1.807, 2.05) is 6.20 Å². The average molecular weight is 484 g/mol. The SMILES string of the molecule is C=Nn1cc(-c2[nH]c3ccc(C4CCC(N5CC(C#N)C5)CC4)nc3c2C(C)C)c(C)c(C)/c1=N/C. The lowest BCUT2D eigenvalue weighted by Gasteiger charge is -2.44. The standard InChI is InChI=1S/C29H37N7/c1-17(2)26-27(23-16-36(32-6)29(31-5)19(4)18(23)3)34-25-12-11-24(33-28(25)26)21-7-9-22(10-8-21)35-14-20(13-30)15-35/h11-12,16-17,20-22,34H,6-10,14-15H2,1-5H3/b31-29-. The van der Waals surface area contributed by atoms with E-state index in [-0.39, 0.29) is 5.92 Å². The summed E-state index contributed by atoms with van der Waals surface area (Å²) in [4.78, 5) is 15.9. The zero-order valence-corrected chi connectivity index (χ0v) is 22.2. The van der Waals surface area contributed by atoms with Gasteiger partial charge < -0.3 is 4.98 Å². The molecule has 5 rings (SSSR count). The highest BCUT2D eigenvalue weighted by atomic mass is 15.3. The molecule has 3 aromatic heterocycles. The van der Waals surface area contributed by atoms with E-state index >= 15 is 0 Å². The third kappa shape index (κ3) is 4.08. The Morgan fingerprint density at radius 2 is 1.86 bits per heavy atom. The average Bonchev–Trinajstić information content (AvgIpc) is 3.24. The monoisotopic (exact) mass is 483 g/mol. The summed E-state index contributed by atoms with van der Waals surface area (Å²) in [5, 5.41) is 13.3. The molecule has 3 aromatic rings. The molecule has 0 amide bonds. The molecule has 0 radical (unpaired) electrons. The van der Waals surface area contributed by atoms with E-state index in [1.54, 1.807) is 11.7 Å². The highest BCUT2D eigenvalue weighted by Gasteiger charge is 2.35. The topological polar surface area (TPSA) is 85.4 Å². The molecule has 1 aliphatic heterocycles. The molecule has 0 bridgehead atoms. The van der Waals surface area contributed by atoms with Crippen LogP contribution in [0.2, 0.25) is 0 Å². The number of nitriles is 1. The first-order chi connectivity index (χ1) is 17.4. The Bertz CT molecular complexity index is 1400. The minimum atomic E-state index is 0.237. The number of rotatable bonds is 5. The van der Waals surface area contributed by atoms with Gasteiger partial charge in [0, 0.05) is 61.8 Å². The van der Waals surface area contributed by atoms with Crippen LogP contribution in [-0.4, -0.2) is 52.4 Å². The van der Waals surface area contributed by atoms with Crippen molar-refractivity contribution in [3.05, 3.63) is 46.2 Å². The lowest BCUT2D eigenvalue weighted by molar-refractivity contribution is 0.0559. The maximum atomic E-state index is 9.09. The third-order valence-electron chi connectivity index (χ3n) is 8.41. The van der Waals surface area contributed by atoms with E-state index < -0.39 is 0 Å². The Hall–Kier alpha value is -3.24. The van der Waals surface area contributed by atoms with E-state index in [1.165, 1.54) is 29.7 Å². The van der Waals surface area contributed by atoms with Gasteiger partial charge in [0.15, 0.2) is 5.49 Å². The number of pyridine rings is 2. The molecule has 0 atom stereocenters. The van der Waals surface area contributed by atoms with Gasteiger partial charge >= 0.3 is 0 Å². The third-order valence-corrected chi connectivity index (χ3v) is 8.41. The molecule has 1 saturated heterocycles. The van der Waals surface area contributed by atoms with E-state index in [0.29, 0.717) is 17.9 Å². The van der Waals surface area contributed by atoms with Gasteiger partial charge in [0.1, 0.15) is 0 Å². The zero-order valence-electron chi connectivity index (χ0n) is 22.2. The van der Waals surface area contributed by atoms with Crippen LogP contribution in [0.4, 0.5) is 0 Å². The summed E-state index contributed by atoms with van der Waals surface area (Å²) >= 11 is 0. The predicted molar refractivity (Wildman–Crippen MR) is 145 cm³/mol. The molecule has 7 heteroatoms. The Balaban J connectivity index is 1.49. The van der Waals surface area contributed by atoms with Gasteiger partial charge in [-0.2, -0.15) is 10.4 Å². The molecular weight excluding hydrogens is 446 g/mol. The maximum Gasteiger partial charge on any atom is 0.151 e. The highest BCUT2D eigenvalue weighted by molar-refractivity contribution is 5.89. The molecule has 2 aliphatic rings. The van der Waals surface area contributed by atoms with Crippen LogP contribution in [0.5, 0.6) is 0 Å². The lowest BCUT2D eigenvalue weighted by Crippen LogP contribution is -2.52. The molecule has 1 N–H and O–H groups in total. The smallest absolute Gasteiger partial charge is 0.151 e. The molecule has 0 unspecified atom stereocenters. The lowest BCUT2D eigenvalue weighted by atomic mass is 9.81. The van der Waals surface area contributed by atoms with Crippen LogP contribution >= 0.6 is 0 Å². The highest BCUT2D eigenvalue weighted by Crippen LogP contribution is 2.40. The quantitative estimate of drug-likeness (QED) is 0.503. The summed E-state index contributed by atoms with van der Waals surface area (Å²) in [7, 11) is 1.79. The van der Waals surface area contributed by atoms with Gasteiger partial charge in [0.2, 0.25) is 0 Å². The second-order valence-corrected chi connectivity index (χ2v) is 10.8. The van der Waals surface area contributed by atoms with Crippen molar-refractivity contribution in [3.8, 4) is 17.3 Å². The molecule has 2 fully saturated rings. The number of aromatic nitrogens is 3. The van der Waals surface area contributed by atoms with Crippen LogP contribution in [0.15, 0.2) is 28.4 Å². The first-order valence-corrected chi connectivity index (χ1v) is 13.1. The van der Waals surface area contributed by atoms with Crippen LogP contribution < -0.4 is 5.49 Å². The summed E-state index contributed by atoms with van der Waals surface area (Å²) in [5.74, 6) is 1.05. The molecule has 1 aliphatic carbocycles. The minimum absolute atomic E-state index is 0.237. The zero-order chi connectivity index (χ0) is 25.6. The first kappa shape index (κ1) is 24.5. The van der Waals surface area contributed by atoms with Crippen molar-refractivity contribution < 1.29 is 0 Å². The van der Waals surface area contributed by atoms with E-state index in [0.717, 1.165) is 59.3 Å². The van der Waals surface area contributed by atoms with Crippen molar-refractivity contribution in [2.45, 2.75) is 71.3 Å². The molecule has 4 heterocycles. The number of nitrogens with zero attached hydrogens (tertiary/aromatic N) is 6. The van der Waals surface area contributed by atoms with Crippen molar-refractivity contribution in [1.29, 1.82) is 5.26 Å². The maximum absolute atomic E-state index is 9.09. The summed E-state index contributed by atoms with van der Waals surface area (Å²) < 4.78 is 1.77. The van der Waals surface area contributed by atoms with E-state index in [4.69, 9.17) is 10.2 Å². The Morgan fingerprint density at radius 3 is 2.47 bits per heavy atom. The van der Waals surface area contributed by atoms with Crippen LogP contribution in [0.25, 0.3) is 22.3 Å². The van der Waals surface area contributed by atoms with Crippen LogP contribution in [-0.2, 0) is 0 Å². The normalized spacial score (nSPS) is 21.6. The van der Waals surface area contributed by atoms with Gasteiger partial charge in [0.25, 0.3) is 0 Å². The number of hydrogen-bond acceptors (Lipinski definition) is 5. The summed E-state index contributed by atoms with van der Waals surface area (Å²) in [6, 6.07) is 7.46. The molecule has 7 nitrogen and oxygen atoms in total. The fraction of sp³-hybridized carbons (Fsp3) is 0.517. The Labute approximate surface area is 213 Å². The molecule has 0 spiro atoms. The van der Waals surface area contributed by atoms with Gasteiger partial charge in [-0.3, -0.25) is 14.9 Å². The van der Waals surface area contributed by atoms with Crippen molar-refractivity contribution in [2.75, 3.05) is 20.1 Å². The number of H-pyrrole nitrogens is 1.